The van der Waals surface area contributed by atoms with Gasteiger partial charge in [-0.15, -0.1) is 10.2 Å². The summed E-state index contributed by atoms with van der Waals surface area (Å²) in [7, 11) is -1.36. The fourth-order valence-electron chi connectivity index (χ4n) is 4.25. The SMILES string of the molecule is CC(C)CN1CCC(S(=O)N(Cc2ccc(-c3nnc(C(F)F)o3)cc2F)c2ccccc2)CC1. The van der Waals surface area contributed by atoms with E-state index >= 15 is 4.39 Å². The lowest BCUT2D eigenvalue weighted by atomic mass is 10.1. The highest BCUT2D eigenvalue weighted by atomic mass is 32.2. The van der Waals surface area contributed by atoms with Gasteiger partial charge in [0.1, 0.15) is 16.8 Å². The van der Waals surface area contributed by atoms with Gasteiger partial charge in [0.2, 0.25) is 5.89 Å². The number of aromatic nitrogens is 2. The highest BCUT2D eigenvalue weighted by Crippen LogP contribution is 2.29. The van der Waals surface area contributed by atoms with Gasteiger partial charge in [-0.3, -0.25) is 4.31 Å². The van der Waals surface area contributed by atoms with Crippen molar-refractivity contribution in [3.8, 4) is 11.5 Å². The number of nitrogens with zero attached hydrogens (tertiary/aromatic N) is 4. The molecular formula is C25H29F3N4O2S. The predicted octanol–water partition coefficient (Wildman–Crippen LogP) is 5.60. The van der Waals surface area contributed by atoms with E-state index in [0.29, 0.717) is 11.5 Å². The van der Waals surface area contributed by atoms with Crippen LogP contribution in [0.25, 0.3) is 11.5 Å². The summed E-state index contributed by atoms with van der Waals surface area (Å²) in [5.74, 6) is -0.973. The molecule has 0 bridgehead atoms. The first kappa shape index (κ1) is 25.4. The minimum Gasteiger partial charge on any atom is -0.415 e. The van der Waals surface area contributed by atoms with Crippen molar-refractivity contribution < 1.29 is 21.8 Å². The fraction of sp³-hybridized carbons (Fsp3) is 0.440. The number of piperidine rings is 1. The molecule has 2 aromatic carbocycles. The van der Waals surface area contributed by atoms with Crippen molar-refractivity contribution in [1.29, 1.82) is 0 Å². The monoisotopic (exact) mass is 506 g/mol. The van der Waals surface area contributed by atoms with Crippen LogP contribution in [0.5, 0.6) is 0 Å². The molecule has 1 saturated heterocycles. The summed E-state index contributed by atoms with van der Waals surface area (Å²) in [6.45, 7) is 7.30. The summed E-state index contributed by atoms with van der Waals surface area (Å²) in [6.07, 6.45) is -1.27. The number of halogens is 3. The summed E-state index contributed by atoms with van der Waals surface area (Å²) in [5, 5.41) is 6.84. The lowest BCUT2D eigenvalue weighted by molar-refractivity contribution is 0.116. The molecule has 188 valence electrons. The molecule has 6 nitrogen and oxygen atoms in total. The molecule has 3 aromatic rings. The van der Waals surface area contributed by atoms with Crippen LogP contribution in [0, 0.1) is 11.7 Å². The van der Waals surface area contributed by atoms with E-state index in [-0.39, 0.29) is 23.2 Å². The van der Waals surface area contributed by atoms with Crippen LogP contribution in [-0.2, 0) is 17.5 Å². The Labute approximate surface area is 205 Å². The Bertz CT molecular complexity index is 1130. The van der Waals surface area contributed by atoms with Crippen molar-refractivity contribution in [2.24, 2.45) is 5.92 Å². The van der Waals surface area contributed by atoms with Gasteiger partial charge in [-0.1, -0.05) is 38.1 Å². The number of para-hydroxylation sites is 1. The van der Waals surface area contributed by atoms with Crippen molar-refractivity contribution >= 4 is 16.7 Å². The van der Waals surface area contributed by atoms with Crippen LogP contribution >= 0.6 is 0 Å². The van der Waals surface area contributed by atoms with Gasteiger partial charge in [0, 0.05) is 23.4 Å². The van der Waals surface area contributed by atoms with Crippen LogP contribution in [0.1, 0.15) is 44.6 Å². The average Bonchev–Trinajstić information content (AvgIpc) is 3.34. The van der Waals surface area contributed by atoms with E-state index in [1.165, 1.54) is 18.2 Å². The number of benzene rings is 2. The van der Waals surface area contributed by atoms with Crippen LogP contribution in [-0.4, -0.2) is 44.2 Å². The van der Waals surface area contributed by atoms with Gasteiger partial charge in [-0.2, -0.15) is 8.78 Å². The molecule has 1 atom stereocenters. The van der Waals surface area contributed by atoms with Gasteiger partial charge in [0.25, 0.3) is 5.89 Å². The molecule has 2 heterocycles. The van der Waals surface area contributed by atoms with Crippen molar-refractivity contribution in [3.63, 3.8) is 0 Å². The Morgan fingerprint density at radius 1 is 1.11 bits per heavy atom. The van der Waals surface area contributed by atoms with Crippen LogP contribution in [0.2, 0.25) is 0 Å². The normalized spacial score (nSPS) is 16.2. The number of alkyl halides is 2. The van der Waals surface area contributed by atoms with E-state index < -0.39 is 29.1 Å². The molecule has 0 radical (unpaired) electrons. The van der Waals surface area contributed by atoms with E-state index in [2.05, 4.69) is 28.9 Å². The number of rotatable bonds is 9. The van der Waals surface area contributed by atoms with E-state index in [1.807, 2.05) is 30.3 Å². The topological polar surface area (TPSA) is 62.5 Å². The molecule has 10 heteroatoms. The van der Waals surface area contributed by atoms with E-state index in [9.17, 15) is 13.0 Å². The minimum atomic E-state index is -2.90. The maximum atomic E-state index is 15.1. The summed E-state index contributed by atoms with van der Waals surface area (Å²) in [4.78, 5) is 2.40. The largest absolute Gasteiger partial charge is 0.415 e. The first-order chi connectivity index (χ1) is 16.8. The highest BCUT2D eigenvalue weighted by molar-refractivity contribution is 7.87. The average molecular weight is 507 g/mol. The second kappa shape index (κ2) is 11.3. The number of likely N-dealkylation sites (tertiary alicyclic amines) is 1. The molecule has 1 aromatic heterocycles. The first-order valence-corrected chi connectivity index (χ1v) is 12.8. The van der Waals surface area contributed by atoms with Gasteiger partial charge in [0.05, 0.1) is 11.8 Å². The molecular weight excluding hydrogens is 477 g/mol. The number of hydrogen-bond acceptors (Lipinski definition) is 5. The minimum absolute atomic E-state index is 0.0212. The smallest absolute Gasteiger partial charge is 0.314 e. The van der Waals surface area contributed by atoms with Gasteiger partial charge >= 0.3 is 6.43 Å². The third-order valence-corrected chi connectivity index (χ3v) is 7.76. The first-order valence-electron chi connectivity index (χ1n) is 11.7. The standard InChI is InChI=1S/C25H29F3N4O2S/c1-17(2)15-31-12-10-21(11-13-31)35(33)32(20-6-4-3-5-7-20)16-19-9-8-18(14-22(19)26)24-29-30-25(34-24)23(27)28/h3-9,14,17,21,23H,10-13,15-16H2,1-2H3. The Kier molecular flexibility index (Phi) is 8.22. The van der Waals surface area contributed by atoms with Crippen LogP contribution in [0.15, 0.2) is 52.9 Å². The summed E-state index contributed by atoms with van der Waals surface area (Å²) in [6, 6.07) is 13.6. The van der Waals surface area contributed by atoms with E-state index in [0.717, 1.165) is 38.2 Å². The third kappa shape index (κ3) is 6.29. The van der Waals surface area contributed by atoms with Crippen molar-refractivity contribution in [1.82, 2.24) is 15.1 Å². The third-order valence-electron chi connectivity index (χ3n) is 5.95. The Hall–Kier alpha value is -2.72. The summed E-state index contributed by atoms with van der Waals surface area (Å²) < 4.78 is 60.9. The molecule has 0 aliphatic carbocycles. The zero-order chi connectivity index (χ0) is 24.9. The van der Waals surface area contributed by atoms with Crippen molar-refractivity contribution in [2.45, 2.75) is 44.9 Å². The zero-order valence-corrected chi connectivity index (χ0v) is 20.6. The maximum absolute atomic E-state index is 15.1. The van der Waals surface area contributed by atoms with Crippen LogP contribution < -0.4 is 4.31 Å². The quantitative estimate of drug-likeness (QED) is 0.378. The Morgan fingerprint density at radius 2 is 1.83 bits per heavy atom. The highest BCUT2D eigenvalue weighted by Gasteiger charge is 2.29. The molecule has 0 spiro atoms. The lowest BCUT2D eigenvalue weighted by Gasteiger charge is -2.35. The maximum Gasteiger partial charge on any atom is 0.314 e. The molecule has 35 heavy (non-hydrogen) atoms. The molecule has 4 rings (SSSR count). The van der Waals surface area contributed by atoms with Crippen molar-refractivity contribution in [3.05, 3.63) is 65.8 Å². The molecule has 1 aliphatic rings. The Morgan fingerprint density at radius 3 is 2.43 bits per heavy atom. The van der Waals surface area contributed by atoms with Gasteiger partial charge in [-0.05, 0) is 56.1 Å². The summed E-state index contributed by atoms with van der Waals surface area (Å²) >= 11 is 0. The molecule has 0 N–H and O–H groups in total. The lowest BCUT2D eigenvalue weighted by Crippen LogP contribution is -2.43. The Balaban J connectivity index is 1.53. The van der Waals surface area contributed by atoms with Crippen molar-refractivity contribution in [2.75, 3.05) is 23.9 Å². The number of anilines is 1. The second-order valence-electron chi connectivity index (χ2n) is 9.09. The molecule has 1 aliphatic heterocycles. The van der Waals surface area contributed by atoms with Gasteiger partial charge in [-0.25, -0.2) is 8.60 Å². The predicted molar refractivity (Wildman–Crippen MR) is 130 cm³/mol. The van der Waals surface area contributed by atoms with E-state index in [4.69, 9.17) is 4.42 Å². The number of hydrogen-bond donors (Lipinski definition) is 0. The molecule has 0 saturated carbocycles. The molecule has 1 unspecified atom stereocenters. The van der Waals surface area contributed by atoms with Crippen LogP contribution in [0.3, 0.4) is 0 Å². The summed E-state index contributed by atoms with van der Waals surface area (Å²) in [5.41, 5.74) is 1.28. The van der Waals surface area contributed by atoms with E-state index in [1.54, 1.807) is 4.31 Å². The van der Waals surface area contributed by atoms with Crippen LogP contribution in [0.4, 0.5) is 18.9 Å². The van der Waals surface area contributed by atoms with Gasteiger partial charge < -0.3 is 9.32 Å². The second-order valence-corrected chi connectivity index (χ2v) is 10.8. The fourth-order valence-corrected chi connectivity index (χ4v) is 5.82. The molecule has 0 amide bonds. The van der Waals surface area contributed by atoms with Gasteiger partial charge in [0.15, 0.2) is 0 Å². The molecule has 1 fully saturated rings. The zero-order valence-electron chi connectivity index (χ0n) is 19.7.